The summed E-state index contributed by atoms with van der Waals surface area (Å²) in [7, 11) is 0. The number of benzene rings is 2. The number of aromatic carboxylic acids is 1. The molecule has 1 aromatic heterocycles. The Morgan fingerprint density at radius 2 is 1.60 bits per heavy atom. The van der Waals surface area contributed by atoms with Crippen LogP contribution in [0, 0.1) is 5.92 Å². The van der Waals surface area contributed by atoms with Crippen LogP contribution in [0.15, 0.2) is 66.9 Å². The molecule has 180 valence electrons. The molecule has 0 aliphatic heterocycles. The van der Waals surface area contributed by atoms with E-state index < -0.39 is 24.0 Å². The molecule has 8 heteroatoms. The molecule has 2 amide bonds. The lowest BCUT2D eigenvalue weighted by Gasteiger charge is -2.21. The molecule has 0 fully saturated rings. The standard InChI is InChI=1S/C27H27N3O5/c1-16(25(31)29-14-18-11-12-24(26(32)33)28-13-18)17(2)30-27(34)35-15-23-21-9-5-3-7-19(21)20-8-4-6-10-22(20)23/h3-13,16-17,23H,14-15H2,1-2H3,(H,29,31)(H,30,34)(H,32,33). The zero-order valence-electron chi connectivity index (χ0n) is 19.5. The third-order valence-electron chi connectivity index (χ3n) is 6.36. The van der Waals surface area contributed by atoms with Gasteiger partial charge in [-0.3, -0.25) is 4.79 Å². The summed E-state index contributed by atoms with van der Waals surface area (Å²) >= 11 is 0. The first kappa shape index (κ1) is 23.9. The molecule has 4 rings (SSSR count). The summed E-state index contributed by atoms with van der Waals surface area (Å²) in [6.45, 7) is 3.87. The van der Waals surface area contributed by atoms with Crippen LogP contribution in [-0.2, 0) is 16.1 Å². The van der Waals surface area contributed by atoms with E-state index in [1.54, 1.807) is 19.9 Å². The molecular weight excluding hydrogens is 446 g/mol. The Labute approximate surface area is 203 Å². The van der Waals surface area contributed by atoms with E-state index >= 15 is 0 Å². The van der Waals surface area contributed by atoms with Gasteiger partial charge in [-0.05, 0) is 40.8 Å². The molecule has 8 nitrogen and oxygen atoms in total. The van der Waals surface area contributed by atoms with Gasteiger partial charge < -0.3 is 20.5 Å². The van der Waals surface area contributed by atoms with Gasteiger partial charge in [-0.1, -0.05) is 61.5 Å². The number of amides is 2. The number of carboxylic acid groups (broad SMARTS) is 1. The first-order chi connectivity index (χ1) is 16.8. The van der Waals surface area contributed by atoms with E-state index in [0.717, 1.165) is 22.3 Å². The van der Waals surface area contributed by atoms with E-state index in [0.29, 0.717) is 5.56 Å². The molecule has 0 saturated heterocycles. The van der Waals surface area contributed by atoms with Gasteiger partial charge in [-0.25, -0.2) is 14.6 Å². The monoisotopic (exact) mass is 473 g/mol. The number of aromatic nitrogens is 1. The fourth-order valence-electron chi connectivity index (χ4n) is 4.18. The summed E-state index contributed by atoms with van der Waals surface area (Å²) in [6, 6.07) is 18.8. The minimum atomic E-state index is -1.11. The second-order valence-corrected chi connectivity index (χ2v) is 8.62. The topological polar surface area (TPSA) is 118 Å². The van der Waals surface area contributed by atoms with Crippen molar-refractivity contribution in [3.05, 3.63) is 89.2 Å². The lowest BCUT2D eigenvalue weighted by Crippen LogP contribution is -2.44. The van der Waals surface area contributed by atoms with Crippen LogP contribution in [0.1, 0.15) is 46.9 Å². The van der Waals surface area contributed by atoms with Gasteiger partial charge in [0.25, 0.3) is 0 Å². The number of carboxylic acids is 1. The summed E-state index contributed by atoms with van der Waals surface area (Å²) in [5.41, 5.74) is 5.19. The SMILES string of the molecule is CC(NC(=O)OCC1c2ccccc2-c2ccccc21)C(C)C(=O)NCc1ccc(C(=O)O)nc1. The largest absolute Gasteiger partial charge is 0.477 e. The van der Waals surface area contributed by atoms with Gasteiger partial charge in [0.05, 0.1) is 5.92 Å². The van der Waals surface area contributed by atoms with Gasteiger partial charge in [0.15, 0.2) is 0 Å². The second kappa shape index (κ2) is 10.4. The van der Waals surface area contributed by atoms with Crippen LogP contribution in [0.3, 0.4) is 0 Å². The van der Waals surface area contributed by atoms with Crippen LogP contribution >= 0.6 is 0 Å². The van der Waals surface area contributed by atoms with Gasteiger partial charge in [-0.15, -0.1) is 0 Å². The third-order valence-corrected chi connectivity index (χ3v) is 6.36. The smallest absolute Gasteiger partial charge is 0.407 e. The number of nitrogens with zero attached hydrogens (tertiary/aromatic N) is 1. The summed E-state index contributed by atoms with van der Waals surface area (Å²) in [5, 5.41) is 14.4. The van der Waals surface area contributed by atoms with Gasteiger partial charge in [0.2, 0.25) is 5.91 Å². The van der Waals surface area contributed by atoms with Crippen molar-refractivity contribution in [2.45, 2.75) is 32.4 Å². The number of ether oxygens (including phenoxy) is 1. The van der Waals surface area contributed by atoms with Crippen LogP contribution in [-0.4, -0.2) is 40.7 Å². The molecule has 2 atom stereocenters. The lowest BCUT2D eigenvalue weighted by atomic mass is 9.98. The molecule has 0 saturated carbocycles. The second-order valence-electron chi connectivity index (χ2n) is 8.62. The van der Waals surface area contributed by atoms with Crippen LogP contribution in [0.25, 0.3) is 11.1 Å². The Kier molecular flexibility index (Phi) is 7.10. The minimum absolute atomic E-state index is 0.0368. The number of hydrogen-bond donors (Lipinski definition) is 3. The highest BCUT2D eigenvalue weighted by Crippen LogP contribution is 2.44. The highest BCUT2D eigenvalue weighted by Gasteiger charge is 2.29. The maximum atomic E-state index is 12.5. The van der Waals surface area contributed by atoms with Crippen molar-refractivity contribution < 1.29 is 24.2 Å². The van der Waals surface area contributed by atoms with E-state index in [1.165, 1.54) is 12.3 Å². The summed E-state index contributed by atoms with van der Waals surface area (Å²) < 4.78 is 5.56. The molecule has 0 bridgehead atoms. The summed E-state index contributed by atoms with van der Waals surface area (Å²) in [6.07, 6.45) is 0.833. The number of pyridine rings is 1. The van der Waals surface area contributed by atoms with Crippen molar-refractivity contribution in [3.63, 3.8) is 0 Å². The van der Waals surface area contributed by atoms with Crippen LogP contribution in [0.4, 0.5) is 4.79 Å². The predicted molar refractivity (Wildman–Crippen MR) is 130 cm³/mol. The van der Waals surface area contributed by atoms with Crippen molar-refractivity contribution in [1.29, 1.82) is 0 Å². The van der Waals surface area contributed by atoms with E-state index in [1.807, 2.05) is 24.3 Å². The number of nitrogens with one attached hydrogen (secondary N) is 2. The molecule has 3 N–H and O–H groups in total. The number of carbonyl (C=O) groups is 3. The maximum Gasteiger partial charge on any atom is 0.407 e. The summed E-state index contributed by atoms with van der Waals surface area (Å²) in [4.78, 5) is 39.8. The first-order valence-corrected chi connectivity index (χ1v) is 11.4. The Morgan fingerprint density at radius 1 is 0.971 bits per heavy atom. The molecule has 2 unspecified atom stereocenters. The summed E-state index contributed by atoms with van der Waals surface area (Å²) in [5.74, 6) is -1.91. The van der Waals surface area contributed by atoms with Gasteiger partial charge in [-0.2, -0.15) is 0 Å². The zero-order valence-corrected chi connectivity index (χ0v) is 19.5. The molecule has 3 aromatic rings. The molecule has 2 aromatic carbocycles. The number of hydrogen-bond acceptors (Lipinski definition) is 5. The van der Waals surface area contributed by atoms with E-state index in [-0.39, 0.29) is 30.7 Å². The van der Waals surface area contributed by atoms with E-state index in [9.17, 15) is 14.4 Å². The molecule has 0 radical (unpaired) electrons. The number of alkyl carbamates (subject to hydrolysis) is 1. The quantitative estimate of drug-likeness (QED) is 0.456. The van der Waals surface area contributed by atoms with Crippen LogP contribution in [0.5, 0.6) is 0 Å². The highest BCUT2D eigenvalue weighted by atomic mass is 16.5. The van der Waals surface area contributed by atoms with E-state index in [4.69, 9.17) is 9.84 Å². The molecule has 1 aliphatic carbocycles. The molecule has 1 heterocycles. The Balaban J connectivity index is 1.28. The maximum absolute atomic E-state index is 12.5. The average molecular weight is 474 g/mol. The Bertz CT molecular complexity index is 1200. The fraction of sp³-hybridized carbons (Fsp3) is 0.259. The molecule has 0 spiro atoms. The third kappa shape index (κ3) is 5.32. The first-order valence-electron chi connectivity index (χ1n) is 11.4. The van der Waals surface area contributed by atoms with E-state index in [2.05, 4.69) is 39.9 Å². The van der Waals surface area contributed by atoms with Crippen molar-refractivity contribution in [3.8, 4) is 11.1 Å². The Morgan fingerprint density at radius 3 is 2.17 bits per heavy atom. The lowest BCUT2D eigenvalue weighted by molar-refractivity contribution is -0.125. The van der Waals surface area contributed by atoms with Crippen molar-refractivity contribution in [1.82, 2.24) is 15.6 Å². The molecular formula is C27H27N3O5. The molecule has 1 aliphatic rings. The minimum Gasteiger partial charge on any atom is -0.477 e. The predicted octanol–water partition coefficient (Wildman–Crippen LogP) is 3.96. The van der Waals surface area contributed by atoms with Gasteiger partial charge in [0, 0.05) is 24.7 Å². The van der Waals surface area contributed by atoms with Crippen LogP contribution in [0.2, 0.25) is 0 Å². The zero-order chi connectivity index (χ0) is 24.9. The van der Waals surface area contributed by atoms with Crippen LogP contribution < -0.4 is 10.6 Å². The molecule has 35 heavy (non-hydrogen) atoms. The number of carbonyl (C=O) groups excluding carboxylic acids is 2. The highest BCUT2D eigenvalue weighted by molar-refractivity contribution is 5.85. The Hall–Kier alpha value is -4.20. The van der Waals surface area contributed by atoms with Crippen molar-refractivity contribution in [2.24, 2.45) is 5.92 Å². The van der Waals surface area contributed by atoms with Gasteiger partial charge >= 0.3 is 12.1 Å². The van der Waals surface area contributed by atoms with Crippen molar-refractivity contribution >= 4 is 18.0 Å². The van der Waals surface area contributed by atoms with Crippen molar-refractivity contribution in [2.75, 3.05) is 6.61 Å². The number of fused-ring (bicyclic) bond motifs is 3. The van der Waals surface area contributed by atoms with Gasteiger partial charge in [0.1, 0.15) is 12.3 Å². The average Bonchev–Trinajstić information content (AvgIpc) is 3.19. The fourth-order valence-corrected chi connectivity index (χ4v) is 4.18. The number of rotatable bonds is 8. The normalized spacial score (nSPS) is 13.8.